The number of hydrogen-bond acceptors (Lipinski definition) is 3. The summed E-state index contributed by atoms with van der Waals surface area (Å²) in [7, 11) is 0. The Kier molecular flexibility index (Phi) is 5.04. The zero-order valence-corrected chi connectivity index (χ0v) is 13.7. The first-order valence-corrected chi connectivity index (χ1v) is 7.82. The zero-order chi connectivity index (χ0) is 17.6. The molecule has 0 aliphatic rings. The van der Waals surface area contributed by atoms with E-state index in [1.165, 1.54) is 19.1 Å². The van der Waals surface area contributed by atoms with Gasteiger partial charge in [0.15, 0.2) is 0 Å². The van der Waals surface area contributed by atoms with E-state index in [1.54, 1.807) is 18.3 Å². The first-order valence-electron chi connectivity index (χ1n) is 7.82. The summed E-state index contributed by atoms with van der Waals surface area (Å²) < 4.78 is 18.9. The van der Waals surface area contributed by atoms with Crippen molar-refractivity contribution >= 4 is 22.9 Å². The van der Waals surface area contributed by atoms with Crippen molar-refractivity contribution < 1.29 is 13.9 Å². The van der Waals surface area contributed by atoms with E-state index in [-0.39, 0.29) is 11.7 Å². The molecule has 0 heterocycles. The van der Waals surface area contributed by atoms with Gasteiger partial charge in [-0.15, -0.1) is 0 Å². The van der Waals surface area contributed by atoms with E-state index in [0.29, 0.717) is 12.4 Å². The van der Waals surface area contributed by atoms with Gasteiger partial charge in [0.1, 0.15) is 18.2 Å². The van der Waals surface area contributed by atoms with Gasteiger partial charge in [0.25, 0.3) is 0 Å². The van der Waals surface area contributed by atoms with Crippen LogP contribution < -0.4 is 10.2 Å². The van der Waals surface area contributed by atoms with Crippen LogP contribution in [-0.2, 0) is 11.4 Å². The Bertz CT molecular complexity index is 921. The lowest BCUT2D eigenvalue weighted by atomic mass is 10.0. The van der Waals surface area contributed by atoms with Gasteiger partial charge in [-0.05, 0) is 34.5 Å². The van der Waals surface area contributed by atoms with Crippen molar-refractivity contribution in [1.82, 2.24) is 5.43 Å². The summed E-state index contributed by atoms with van der Waals surface area (Å²) in [6, 6.07) is 17.8. The Morgan fingerprint density at radius 1 is 1.12 bits per heavy atom. The number of benzene rings is 3. The van der Waals surface area contributed by atoms with Gasteiger partial charge in [-0.1, -0.05) is 42.5 Å². The first kappa shape index (κ1) is 16.6. The van der Waals surface area contributed by atoms with E-state index >= 15 is 0 Å². The van der Waals surface area contributed by atoms with Gasteiger partial charge in [0, 0.05) is 12.5 Å². The fourth-order valence-electron chi connectivity index (χ4n) is 2.46. The Morgan fingerprint density at radius 3 is 2.64 bits per heavy atom. The molecule has 0 fully saturated rings. The van der Waals surface area contributed by atoms with Crippen LogP contribution in [0, 0.1) is 5.82 Å². The maximum absolute atomic E-state index is 13.0. The van der Waals surface area contributed by atoms with Crippen molar-refractivity contribution in [3.05, 3.63) is 77.6 Å². The predicted octanol–water partition coefficient (Wildman–Crippen LogP) is 4.03. The number of ether oxygens (including phenoxy) is 1. The van der Waals surface area contributed by atoms with E-state index in [4.69, 9.17) is 4.74 Å². The molecule has 126 valence electrons. The number of carbonyl (C=O) groups excluding carboxylic acids is 1. The first-order chi connectivity index (χ1) is 12.1. The van der Waals surface area contributed by atoms with Gasteiger partial charge in [-0.3, -0.25) is 4.79 Å². The highest BCUT2D eigenvalue weighted by Gasteiger charge is 2.08. The van der Waals surface area contributed by atoms with Gasteiger partial charge >= 0.3 is 0 Å². The number of hydrazone groups is 1. The van der Waals surface area contributed by atoms with E-state index < -0.39 is 0 Å². The van der Waals surface area contributed by atoms with Crippen molar-refractivity contribution in [2.24, 2.45) is 5.10 Å². The predicted molar refractivity (Wildman–Crippen MR) is 96.1 cm³/mol. The van der Waals surface area contributed by atoms with E-state index in [2.05, 4.69) is 10.5 Å². The number of amides is 1. The molecule has 0 unspecified atom stereocenters. The van der Waals surface area contributed by atoms with Crippen molar-refractivity contribution in [3.8, 4) is 5.75 Å². The van der Waals surface area contributed by atoms with Crippen LogP contribution in [0.5, 0.6) is 5.75 Å². The summed E-state index contributed by atoms with van der Waals surface area (Å²) in [5, 5.41) is 5.97. The van der Waals surface area contributed by atoms with E-state index in [0.717, 1.165) is 21.9 Å². The minimum atomic E-state index is -0.280. The second-order valence-electron chi connectivity index (χ2n) is 5.54. The van der Waals surface area contributed by atoms with Crippen LogP contribution in [0.4, 0.5) is 4.39 Å². The number of hydrogen-bond donors (Lipinski definition) is 1. The van der Waals surface area contributed by atoms with Gasteiger partial charge in [-0.2, -0.15) is 5.10 Å². The highest BCUT2D eigenvalue weighted by Crippen LogP contribution is 2.27. The van der Waals surface area contributed by atoms with Gasteiger partial charge in [0.05, 0.1) is 6.21 Å². The molecule has 5 heteroatoms. The molecular formula is C20H17FN2O2. The second kappa shape index (κ2) is 7.57. The van der Waals surface area contributed by atoms with Crippen molar-refractivity contribution in [2.45, 2.75) is 13.5 Å². The average molecular weight is 336 g/mol. The fraction of sp³-hybridized carbons (Fsp3) is 0.100. The quantitative estimate of drug-likeness (QED) is 0.565. The van der Waals surface area contributed by atoms with Crippen LogP contribution in [-0.4, -0.2) is 12.1 Å². The molecular weight excluding hydrogens is 319 g/mol. The summed E-state index contributed by atoms with van der Waals surface area (Å²) in [5.74, 6) is 0.111. The summed E-state index contributed by atoms with van der Waals surface area (Å²) in [6.45, 7) is 1.70. The lowest BCUT2D eigenvalue weighted by molar-refractivity contribution is -0.118. The molecule has 0 bridgehead atoms. The topological polar surface area (TPSA) is 50.7 Å². The van der Waals surface area contributed by atoms with Crippen molar-refractivity contribution in [2.75, 3.05) is 0 Å². The molecule has 0 saturated heterocycles. The number of halogens is 1. The summed E-state index contributed by atoms with van der Waals surface area (Å²) in [4.78, 5) is 11.0. The zero-order valence-electron chi connectivity index (χ0n) is 13.7. The molecule has 0 aliphatic carbocycles. The third-order valence-corrected chi connectivity index (χ3v) is 3.65. The molecule has 0 atom stereocenters. The minimum Gasteiger partial charge on any atom is -0.488 e. The van der Waals surface area contributed by atoms with Gasteiger partial charge in [0.2, 0.25) is 5.91 Å². The van der Waals surface area contributed by atoms with Crippen LogP contribution in [0.2, 0.25) is 0 Å². The molecule has 0 radical (unpaired) electrons. The molecule has 3 aromatic carbocycles. The molecule has 25 heavy (non-hydrogen) atoms. The highest BCUT2D eigenvalue weighted by atomic mass is 19.1. The molecule has 0 aromatic heterocycles. The molecule has 0 saturated carbocycles. The number of carbonyl (C=O) groups is 1. The normalized spacial score (nSPS) is 11.0. The lowest BCUT2D eigenvalue weighted by Crippen LogP contribution is -2.12. The third kappa shape index (κ3) is 4.20. The van der Waals surface area contributed by atoms with Crippen LogP contribution in [0.1, 0.15) is 18.1 Å². The maximum Gasteiger partial charge on any atom is 0.236 e. The third-order valence-electron chi connectivity index (χ3n) is 3.65. The summed E-state index contributed by atoms with van der Waals surface area (Å²) in [5.41, 5.74) is 4.03. The van der Waals surface area contributed by atoms with Crippen LogP contribution in [0.3, 0.4) is 0 Å². The standard InChI is InChI=1S/C20H17FN2O2/c1-14(24)23-22-12-19-18-5-3-2-4-16(18)8-11-20(19)25-13-15-6-9-17(21)10-7-15/h2-12H,13H2,1H3,(H,23,24)/b22-12+. The Labute approximate surface area is 144 Å². The number of nitrogens with zero attached hydrogens (tertiary/aromatic N) is 1. The lowest BCUT2D eigenvalue weighted by Gasteiger charge is -2.12. The largest absolute Gasteiger partial charge is 0.488 e. The van der Waals surface area contributed by atoms with E-state index in [1.807, 2.05) is 36.4 Å². The summed E-state index contributed by atoms with van der Waals surface area (Å²) >= 11 is 0. The fourth-order valence-corrected chi connectivity index (χ4v) is 2.46. The van der Waals surface area contributed by atoms with Crippen molar-refractivity contribution in [3.63, 3.8) is 0 Å². The molecule has 4 nitrogen and oxygen atoms in total. The molecule has 0 spiro atoms. The van der Waals surface area contributed by atoms with Crippen LogP contribution in [0.25, 0.3) is 10.8 Å². The molecule has 3 rings (SSSR count). The SMILES string of the molecule is CC(=O)N/N=C/c1c(OCc2ccc(F)cc2)ccc2ccccc12. The average Bonchev–Trinajstić information content (AvgIpc) is 2.62. The number of rotatable bonds is 5. The number of nitrogens with one attached hydrogen (secondary N) is 1. The second-order valence-corrected chi connectivity index (χ2v) is 5.54. The molecule has 3 aromatic rings. The molecule has 0 aliphatic heterocycles. The maximum atomic E-state index is 13.0. The monoisotopic (exact) mass is 336 g/mol. The Hall–Kier alpha value is -3.21. The van der Waals surface area contributed by atoms with Crippen LogP contribution in [0.15, 0.2) is 65.8 Å². The van der Waals surface area contributed by atoms with E-state index in [9.17, 15) is 9.18 Å². The smallest absolute Gasteiger partial charge is 0.236 e. The minimum absolute atomic E-state index is 0.245. The van der Waals surface area contributed by atoms with Crippen LogP contribution >= 0.6 is 0 Å². The van der Waals surface area contributed by atoms with Gasteiger partial charge < -0.3 is 4.74 Å². The number of fused-ring (bicyclic) bond motifs is 1. The van der Waals surface area contributed by atoms with Crippen molar-refractivity contribution in [1.29, 1.82) is 0 Å². The highest BCUT2D eigenvalue weighted by molar-refractivity contribution is 6.02. The van der Waals surface area contributed by atoms with Gasteiger partial charge in [-0.25, -0.2) is 9.82 Å². The summed E-state index contributed by atoms with van der Waals surface area (Å²) in [6.07, 6.45) is 1.57. The Balaban J connectivity index is 1.91. The molecule has 1 N–H and O–H groups in total. The molecule has 1 amide bonds. The Morgan fingerprint density at radius 2 is 1.88 bits per heavy atom.